The van der Waals surface area contributed by atoms with Crippen LogP contribution >= 0.6 is 45.2 Å². The van der Waals surface area contributed by atoms with Crippen molar-refractivity contribution in [2.75, 3.05) is 0 Å². The Bertz CT molecular complexity index is 542. The molecule has 0 N–H and O–H groups in total. The molecule has 5 heteroatoms. The molecule has 0 aliphatic carbocycles. The molecule has 2 aromatic rings. The Hall–Kier alpha value is -0.700. The zero-order valence-electron chi connectivity index (χ0n) is 8.68. The molecule has 3 nitrogen and oxygen atoms in total. The van der Waals surface area contributed by atoms with E-state index in [1.54, 1.807) is 12.3 Å². The van der Waals surface area contributed by atoms with Crippen LogP contribution in [0, 0.1) is 7.27 Å². The molecule has 0 amide bonds. The summed E-state index contributed by atoms with van der Waals surface area (Å²) in [6.45, 7) is 0. The molecule has 1 aromatic carbocycles. The molecule has 0 fully saturated rings. The quantitative estimate of drug-likeness (QED) is 0.520. The van der Waals surface area contributed by atoms with Crippen molar-refractivity contribution in [3.63, 3.8) is 0 Å². The van der Waals surface area contributed by atoms with Crippen LogP contribution in [-0.2, 0) is 0 Å². The molecule has 0 saturated heterocycles. The van der Waals surface area contributed by atoms with Crippen molar-refractivity contribution in [3.05, 3.63) is 55.4 Å². The first kappa shape index (κ1) is 12.7. The summed E-state index contributed by atoms with van der Waals surface area (Å²) in [5.41, 5.74) is 0.998. The normalized spacial score (nSPS) is 10.9. The van der Waals surface area contributed by atoms with Gasteiger partial charge in [-0.3, -0.25) is 4.79 Å². The van der Waals surface area contributed by atoms with Gasteiger partial charge < -0.3 is 0 Å². The van der Waals surface area contributed by atoms with Crippen LogP contribution in [0.1, 0.15) is 10.4 Å². The first-order valence-electron chi connectivity index (χ1n) is 4.85. The molecular weight excluding hydrogens is 442 g/mol. The van der Waals surface area contributed by atoms with Crippen molar-refractivity contribution in [1.82, 2.24) is 9.78 Å². The Morgan fingerprint density at radius 2 is 1.94 bits per heavy atom. The molecule has 1 heterocycles. The van der Waals surface area contributed by atoms with E-state index in [1.807, 2.05) is 30.3 Å². The fraction of sp³-hybridized carbons (Fsp3) is 0. The van der Waals surface area contributed by atoms with Crippen LogP contribution in [0.2, 0.25) is 0 Å². The minimum atomic E-state index is -0.144. The van der Waals surface area contributed by atoms with Gasteiger partial charge in [0.1, 0.15) is 3.70 Å². The molecule has 1 aromatic heterocycles. The maximum absolute atomic E-state index is 11.8. The van der Waals surface area contributed by atoms with Gasteiger partial charge in [0.25, 0.3) is 5.91 Å². The highest BCUT2D eigenvalue weighted by Gasteiger charge is 2.06. The van der Waals surface area contributed by atoms with E-state index in [9.17, 15) is 4.79 Å². The van der Waals surface area contributed by atoms with Crippen molar-refractivity contribution in [2.45, 2.75) is 0 Å². The van der Waals surface area contributed by atoms with Gasteiger partial charge in [0.15, 0.2) is 0 Å². The van der Waals surface area contributed by atoms with Crippen molar-refractivity contribution < 1.29 is 4.79 Å². The third-order valence-electron chi connectivity index (χ3n) is 2.07. The van der Waals surface area contributed by atoms with Crippen molar-refractivity contribution in [3.8, 4) is 0 Å². The van der Waals surface area contributed by atoms with Gasteiger partial charge in [-0.25, -0.2) is 4.68 Å². The van der Waals surface area contributed by atoms with Gasteiger partial charge in [0, 0.05) is 12.3 Å². The van der Waals surface area contributed by atoms with Gasteiger partial charge >= 0.3 is 0 Å². The first-order chi connectivity index (χ1) is 8.16. The summed E-state index contributed by atoms with van der Waals surface area (Å²) in [7, 11) is 0. The van der Waals surface area contributed by atoms with E-state index in [0.717, 1.165) is 12.8 Å². The predicted molar refractivity (Wildman–Crippen MR) is 83.8 cm³/mol. The molecule has 0 radical (unpaired) electrons. The van der Waals surface area contributed by atoms with E-state index < -0.39 is 0 Å². The van der Waals surface area contributed by atoms with Crippen LogP contribution in [0.4, 0.5) is 0 Å². The molecule has 86 valence electrons. The summed E-state index contributed by atoms with van der Waals surface area (Å²) in [5.74, 6) is -0.144. The van der Waals surface area contributed by atoms with Crippen molar-refractivity contribution >= 4 is 57.2 Å². The number of allylic oxidation sites excluding steroid dienone is 1. The zero-order chi connectivity index (χ0) is 12.3. The molecule has 0 saturated carbocycles. The van der Waals surface area contributed by atoms with Crippen molar-refractivity contribution in [2.24, 2.45) is 0 Å². The van der Waals surface area contributed by atoms with E-state index in [0.29, 0.717) is 0 Å². The van der Waals surface area contributed by atoms with Gasteiger partial charge in [0.2, 0.25) is 0 Å². The molecule has 0 bridgehead atoms. The van der Waals surface area contributed by atoms with Crippen LogP contribution in [0.3, 0.4) is 0 Å². The molecule has 0 aliphatic rings. The second-order valence-corrected chi connectivity index (χ2v) is 5.48. The third-order valence-corrected chi connectivity index (χ3v) is 4.69. The topological polar surface area (TPSA) is 34.9 Å². The van der Waals surface area contributed by atoms with E-state index in [4.69, 9.17) is 0 Å². The summed E-state index contributed by atoms with van der Waals surface area (Å²) in [6.07, 6.45) is 5.03. The highest BCUT2D eigenvalue weighted by molar-refractivity contribution is 14.1. The molecule has 0 spiro atoms. The van der Waals surface area contributed by atoms with E-state index in [-0.39, 0.29) is 5.91 Å². The van der Waals surface area contributed by atoms with Crippen LogP contribution in [0.15, 0.2) is 42.6 Å². The largest absolute Gasteiger partial charge is 0.270 e. The standard InChI is InChI=1S/C12H8I2N2O/c13-10-8-16(15-12(10)14)11(17)7-6-9-4-2-1-3-5-9/h1-8H/b7-6+. The SMILES string of the molecule is O=C(/C=C/c1ccccc1)n1cc(I)c(I)n1. The lowest BCUT2D eigenvalue weighted by atomic mass is 10.2. The Kier molecular flexibility index (Phi) is 4.32. The number of rotatable bonds is 2. The molecule has 0 unspecified atom stereocenters. The fourth-order valence-corrected chi connectivity index (χ4v) is 2.00. The number of hydrogen-bond acceptors (Lipinski definition) is 2. The highest BCUT2D eigenvalue weighted by atomic mass is 127. The number of carbonyl (C=O) groups excluding carboxylic acids is 1. The molecule has 17 heavy (non-hydrogen) atoms. The maximum atomic E-state index is 11.8. The van der Waals surface area contributed by atoms with E-state index in [2.05, 4.69) is 50.3 Å². The number of benzene rings is 1. The number of aromatic nitrogens is 2. The van der Waals surface area contributed by atoms with Gasteiger partial charge in [-0.2, -0.15) is 5.10 Å². The van der Waals surface area contributed by atoms with E-state index in [1.165, 1.54) is 10.8 Å². The average molecular weight is 450 g/mol. The molecular formula is C12H8I2N2O. The Morgan fingerprint density at radius 3 is 2.53 bits per heavy atom. The highest BCUT2D eigenvalue weighted by Crippen LogP contribution is 2.12. The number of halogens is 2. The summed E-state index contributed by atoms with van der Waals surface area (Å²) < 4.78 is 3.16. The van der Waals surface area contributed by atoms with Crippen molar-refractivity contribution in [1.29, 1.82) is 0 Å². The number of nitrogens with zero attached hydrogens (tertiary/aromatic N) is 2. The number of hydrogen-bond donors (Lipinski definition) is 0. The number of carbonyl (C=O) groups is 1. The van der Waals surface area contributed by atoms with Crippen LogP contribution < -0.4 is 0 Å². The van der Waals surface area contributed by atoms with Gasteiger partial charge in [-0.05, 0) is 56.8 Å². The third kappa shape index (κ3) is 3.38. The summed E-state index contributed by atoms with van der Waals surface area (Å²) in [4.78, 5) is 11.8. The summed E-state index contributed by atoms with van der Waals surface area (Å²) in [5, 5.41) is 4.12. The lowest BCUT2D eigenvalue weighted by Gasteiger charge is -1.93. The lowest BCUT2D eigenvalue weighted by Crippen LogP contribution is -2.07. The first-order valence-corrected chi connectivity index (χ1v) is 7.01. The fourth-order valence-electron chi connectivity index (χ4n) is 1.25. The lowest BCUT2D eigenvalue weighted by molar-refractivity contribution is 0.0954. The Balaban J connectivity index is 2.15. The zero-order valence-corrected chi connectivity index (χ0v) is 13.0. The molecule has 0 aliphatic heterocycles. The van der Waals surface area contributed by atoms with Crippen LogP contribution in [0.25, 0.3) is 6.08 Å². The monoisotopic (exact) mass is 450 g/mol. The smallest absolute Gasteiger partial charge is 0.267 e. The van der Waals surface area contributed by atoms with Gasteiger partial charge in [-0.15, -0.1) is 0 Å². The summed E-state index contributed by atoms with van der Waals surface area (Å²) >= 11 is 4.25. The maximum Gasteiger partial charge on any atom is 0.270 e. The Labute approximate surface area is 126 Å². The van der Waals surface area contributed by atoms with Crippen LogP contribution in [0.5, 0.6) is 0 Å². The predicted octanol–water partition coefficient (Wildman–Crippen LogP) is 3.45. The second-order valence-electron chi connectivity index (χ2n) is 3.29. The van der Waals surface area contributed by atoms with Crippen LogP contribution in [-0.4, -0.2) is 15.7 Å². The Morgan fingerprint density at radius 1 is 1.24 bits per heavy atom. The minimum Gasteiger partial charge on any atom is -0.267 e. The van der Waals surface area contributed by atoms with Gasteiger partial charge in [-0.1, -0.05) is 30.3 Å². The minimum absolute atomic E-state index is 0.144. The average Bonchev–Trinajstić information content (AvgIpc) is 2.68. The van der Waals surface area contributed by atoms with E-state index >= 15 is 0 Å². The molecule has 2 rings (SSSR count). The van der Waals surface area contributed by atoms with Gasteiger partial charge in [0.05, 0.1) is 3.57 Å². The second kappa shape index (κ2) is 5.76. The molecule has 0 atom stereocenters. The summed E-state index contributed by atoms with van der Waals surface area (Å²) in [6, 6.07) is 9.70.